The van der Waals surface area contributed by atoms with E-state index in [9.17, 15) is 9.59 Å². The molecule has 1 atom stereocenters. The predicted octanol–water partition coefficient (Wildman–Crippen LogP) is 1.86. The molecule has 0 N–H and O–H groups in total. The first-order valence-electron chi connectivity index (χ1n) is 8.96. The molecule has 0 unspecified atom stereocenters. The van der Waals surface area contributed by atoms with Gasteiger partial charge in [-0.2, -0.15) is 10.1 Å². The van der Waals surface area contributed by atoms with E-state index in [4.69, 9.17) is 0 Å². The molecule has 3 heterocycles. The maximum Gasteiger partial charge on any atom is 0.332 e. The van der Waals surface area contributed by atoms with Gasteiger partial charge in [-0.05, 0) is 26.7 Å². The first-order chi connectivity index (χ1) is 11.9. The molecular weight excluding hydrogens is 320 g/mol. The fourth-order valence-corrected chi connectivity index (χ4v) is 3.26. The molecule has 2 aromatic rings. The second kappa shape index (κ2) is 6.50. The second-order valence-electron chi connectivity index (χ2n) is 6.65. The molecule has 136 valence electrons. The van der Waals surface area contributed by atoms with Gasteiger partial charge in [0.2, 0.25) is 5.95 Å². The Morgan fingerprint density at radius 2 is 1.84 bits per heavy atom. The summed E-state index contributed by atoms with van der Waals surface area (Å²) in [5.41, 5.74) is 1.25. The van der Waals surface area contributed by atoms with Crippen LogP contribution < -0.4 is 16.3 Å². The maximum absolute atomic E-state index is 13.0. The number of hydrazone groups is 1. The molecule has 2 aromatic heterocycles. The summed E-state index contributed by atoms with van der Waals surface area (Å²) < 4.78 is 4.71. The molecule has 0 amide bonds. The third-order valence-corrected chi connectivity index (χ3v) is 4.83. The molecule has 0 radical (unpaired) electrons. The first kappa shape index (κ1) is 17.4. The lowest BCUT2D eigenvalue weighted by Crippen LogP contribution is -2.40. The molecule has 3 rings (SSSR count). The number of fused-ring (bicyclic) bond motifs is 3. The molecule has 0 bridgehead atoms. The molecule has 0 aliphatic carbocycles. The Kier molecular flexibility index (Phi) is 4.53. The summed E-state index contributed by atoms with van der Waals surface area (Å²) in [6, 6.07) is -0.0712. The van der Waals surface area contributed by atoms with Crippen molar-refractivity contribution in [3.63, 3.8) is 0 Å². The number of aryl methyl sites for hydroxylation is 1. The molecule has 0 saturated heterocycles. The maximum atomic E-state index is 13.0. The van der Waals surface area contributed by atoms with Crippen molar-refractivity contribution >= 4 is 22.8 Å². The SMILES string of the molecule is CCCCN1N=C(C)[C@H](C)n2c1nc1c2c(=O)n(CCC)c(=O)n1C. The number of unbranched alkanes of at least 4 members (excludes halogenated alkanes) is 1. The molecule has 1 aliphatic heterocycles. The predicted molar refractivity (Wildman–Crippen MR) is 99.6 cm³/mol. The number of rotatable bonds is 5. The zero-order valence-corrected chi connectivity index (χ0v) is 15.6. The zero-order chi connectivity index (χ0) is 18.3. The molecule has 0 fully saturated rings. The third-order valence-electron chi connectivity index (χ3n) is 4.83. The highest BCUT2D eigenvalue weighted by molar-refractivity contribution is 5.90. The number of anilines is 1. The van der Waals surface area contributed by atoms with Gasteiger partial charge in [-0.1, -0.05) is 20.3 Å². The minimum Gasteiger partial charge on any atom is -0.294 e. The molecule has 0 saturated carbocycles. The highest BCUT2D eigenvalue weighted by Gasteiger charge is 2.30. The first-order valence-corrected chi connectivity index (χ1v) is 8.96. The van der Waals surface area contributed by atoms with E-state index < -0.39 is 0 Å². The zero-order valence-electron chi connectivity index (χ0n) is 15.6. The average Bonchev–Trinajstić information content (AvgIpc) is 3.00. The summed E-state index contributed by atoms with van der Waals surface area (Å²) >= 11 is 0. The molecule has 0 aromatic carbocycles. The smallest absolute Gasteiger partial charge is 0.294 e. The van der Waals surface area contributed by atoms with Gasteiger partial charge in [0, 0.05) is 20.1 Å². The Balaban J connectivity index is 2.34. The van der Waals surface area contributed by atoms with Gasteiger partial charge >= 0.3 is 5.69 Å². The van der Waals surface area contributed by atoms with Crippen LogP contribution in [0, 0.1) is 0 Å². The number of imidazole rings is 1. The van der Waals surface area contributed by atoms with Crippen LogP contribution in [0.15, 0.2) is 14.7 Å². The van der Waals surface area contributed by atoms with Crippen molar-refractivity contribution in [2.24, 2.45) is 12.1 Å². The van der Waals surface area contributed by atoms with E-state index in [0.29, 0.717) is 23.7 Å². The topological polar surface area (TPSA) is 77.4 Å². The number of aromatic nitrogens is 4. The van der Waals surface area contributed by atoms with Crippen molar-refractivity contribution in [1.29, 1.82) is 0 Å². The number of hydrogen-bond donors (Lipinski definition) is 0. The van der Waals surface area contributed by atoms with Crippen LogP contribution in [0.3, 0.4) is 0 Å². The van der Waals surface area contributed by atoms with Gasteiger partial charge in [-0.25, -0.2) is 9.80 Å². The van der Waals surface area contributed by atoms with E-state index in [1.807, 2.05) is 30.3 Å². The number of nitrogens with zero attached hydrogens (tertiary/aromatic N) is 6. The largest absolute Gasteiger partial charge is 0.332 e. The fraction of sp³-hybridized carbons (Fsp3) is 0.647. The van der Waals surface area contributed by atoms with Crippen molar-refractivity contribution in [3.05, 3.63) is 20.8 Å². The summed E-state index contributed by atoms with van der Waals surface area (Å²) in [6.45, 7) is 9.19. The second-order valence-corrected chi connectivity index (χ2v) is 6.65. The summed E-state index contributed by atoms with van der Waals surface area (Å²) in [6.07, 6.45) is 2.75. The molecule has 0 spiro atoms. The van der Waals surface area contributed by atoms with Gasteiger partial charge in [-0.15, -0.1) is 0 Å². The van der Waals surface area contributed by atoms with Crippen LogP contribution in [0.25, 0.3) is 11.2 Å². The van der Waals surface area contributed by atoms with Gasteiger partial charge in [0.15, 0.2) is 11.2 Å². The minimum atomic E-state index is -0.319. The summed E-state index contributed by atoms with van der Waals surface area (Å²) in [4.78, 5) is 30.2. The van der Waals surface area contributed by atoms with Crippen LogP contribution in [0.4, 0.5) is 5.95 Å². The lowest BCUT2D eigenvalue weighted by molar-refractivity contribution is 0.585. The van der Waals surface area contributed by atoms with Crippen molar-refractivity contribution < 1.29 is 0 Å². The minimum absolute atomic E-state index is 0.0712. The van der Waals surface area contributed by atoms with Gasteiger partial charge in [-0.3, -0.25) is 18.5 Å². The van der Waals surface area contributed by atoms with Gasteiger partial charge in [0.1, 0.15) is 0 Å². The van der Waals surface area contributed by atoms with Crippen LogP contribution in [0.5, 0.6) is 0 Å². The standard InChI is InChI=1S/C17H26N6O2/c1-6-8-10-22-16-18-14-13(23(16)12(4)11(3)19-22)15(24)21(9-7-2)17(25)20(14)5/h12H,6-10H2,1-5H3/t12-/m0/s1. The Hall–Kier alpha value is -2.38. The molecule has 8 nitrogen and oxygen atoms in total. The Labute approximate surface area is 146 Å². The Morgan fingerprint density at radius 3 is 2.48 bits per heavy atom. The molecule has 25 heavy (non-hydrogen) atoms. The van der Waals surface area contributed by atoms with E-state index in [2.05, 4.69) is 17.0 Å². The third kappa shape index (κ3) is 2.60. The number of hydrogen-bond acceptors (Lipinski definition) is 5. The summed E-state index contributed by atoms with van der Waals surface area (Å²) in [7, 11) is 1.67. The molecule has 8 heteroatoms. The van der Waals surface area contributed by atoms with Crippen LogP contribution in [-0.4, -0.2) is 30.9 Å². The molecular formula is C17H26N6O2. The lowest BCUT2D eigenvalue weighted by Gasteiger charge is -2.29. The van der Waals surface area contributed by atoms with Gasteiger partial charge in [0.05, 0.1) is 11.8 Å². The highest BCUT2D eigenvalue weighted by Crippen LogP contribution is 2.29. The van der Waals surface area contributed by atoms with Crippen molar-refractivity contribution in [1.82, 2.24) is 18.7 Å². The lowest BCUT2D eigenvalue weighted by atomic mass is 10.2. The monoisotopic (exact) mass is 346 g/mol. The van der Waals surface area contributed by atoms with E-state index in [0.717, 1.165) is 31.5 Å². The van der Waals surface area contributed by atoms with Crippen molar-refractivity contribution in [2.75, 3.05) is 11.6 Å². The Bertz CT molecular complexity index is 949. The van der Waals surface area contributed by atoms with Crippen LogP contribution in [0.2, 0.25) is 0 Å². The quantitative estimate of drug-likeness (QED) is 0.828. The van der Waals surface area contributed by atoms with E-state index in [1.165, 1.54) is 9.13 Å². The highest BCUT2D eigenvalue weighted by atomic mass is 16.2. The fourth-order valence-electron chi connectivity index (χ4n) is 3.26. The van der Waals surface area contributed by atoms with Crippen molar-refractivity contribution in [2.45, 2.75) is 59.5 Å². The van der Waals surface area contributed by atoms with Crippen LogP contribution in [0.1, 0.15) is 53.0 Å². The van der Waals surface area contributed by atoms with Gasteiger partial charge in [0.25, 0.3) is 5.56 Å². The van der Waals surface area contributed by atoms with E-state index >= 15 is 0 Å². The van der Waals surface area contributed by atoms with E-state index in [-0.39, 0.29) is 17.3 Å². The average molecular weight is 346 g/mol. The van der Waals surface area contributed by atoms with Crippen molar-refractivity contribution in [3.8, 4) is 0 Å². The van der Waals surface area contributed by atoms with E-state index in [1.54, 1.807) is 7.05 Å². The summed E-state index contributed by atoms with van der Waals surface area (Å²) in [5, 5.41) is 6.50. The van der Waals surface area contributed by atoms with Gasteiger partial charge < -0.3 is 0 Å². The van der Waals surface area contributed by atoms with Crippen LogP contribution in [-0.2, 0) is 13.6 Å². The summed E-state index contributed by atoms with van der Waals surface area (Å²) in [5.74, 6) is 0.642. The Morgan fingerprint density at radius 1 is 1.12 bits per heavy atom. The van der Waals surface area contributed by atoms with Crippen LogP contribution >= 0.6 is 0 Å². The molecule has 1 aliphatic rings. The normalized spacial score (nSPS) is 17.1.